The normalized spacial score (nSPS) is 16.4. The van der Waals surface area contributed by atoms with E-state index in [-0.39, 0.29) is 5.91 Å². The van der Waals surface area contributed by atoms with Gasteiger partial charge in [-0.3, -0.25) is 9.89 Å². The van der Waals surface area contributed by atoms with Crippen molar-refractivity contribution in [2.24, 2.45) is 0 Å². The fraction of sp³-hybridized carbons (Fsp3) is 0.467. The Balaban J connectivity index is 1.71. The Morgan fingerprint density at radius 2 is 2.10 bits per heavy atom. The first-order valence-corrected chi connectivity index (χ1v) is 7.14. The van der Waals surface area contributed by atoms with Crippen LogP contribution in [0.15, 0.2) is 24.3 Å². The van der Waals surface area contributed by atoms with Crippen LogP contribution >= 0.6 is 0 Å². The Hall–Kier alpha value is -1.88. The molecule has 1 fully saturated rings. The van der Waals surface area contributed by atoms with Crippen molar-refractivity contribution in [3.8, 4) is 0 Å². The number of nitrogens with zero attached hydrogens (tertiary/aromatic N) is 2. The predicted octanol–water partition coefficient (Wildman–Crippen LogP) is 1.32. The zero-order valence-corrected chi connectivity index (χ0v) is 11.7. The first kappa shape index (κ1) is 13.1. The first-order valence-electron chi connectivity index (χ1n) is 7.14. The third-order valence-corrected chi connectivity index (χ3v) is 4.12. The molecule has 0 saturated carbocycles. The van der Waals surface area contributed by atoms with E-state index in [4.69, 9.17) is 0 Å². The van der Waals surface area contributed by atoms with Crippen LogP contribution in [0.4, 0.5) is 0 Å². The molecule has 5 nitrogen and oxygen atoms in total. The second-order valence-electron chi connectivity index (χ2n) is 5.38. The van der Waals surface area contributed by atoms with Crippen molar-refractivity contribution in [3.63, 3.8) is 0 Å². The number of likely N-dealkylation sites (N-methyl/N-ethyl adjacent to an activating group) is 1. The molecular weight excluding hydrogens is 252 g/mol. The second kappa shape index (κ2) is 5.63. The van der Waals surface area contributed by atoms with Crippen molar-refractivity contribution in [2.75, 3.05) is 20.1 Å². The van der Waals surface area contributed by atoms with Crippen LogP contribution in [0.2, 0.25) is 0 Å². The lowest BCUT2D eigenvalue weighted by Crippen LogP contribution is -2.44. The molecule has 0 atom stereocenters. The lowest BCUT2D eigenvalue weighted by molar-refractivity contribution is -0.131. The highest BCUT2D eigenvalue weighted by atomic mass is 16.2. The van der Waals surface area contributed by atoms with E-state index in [1.807, 2.05) is 36.2 Å². The Morgan fingerprint density at radius 1 is 1.35 bits per heavy atom. The fourth-order valence-electron chi connectivity index (χ4n) is 2.82. The number of para-hydroxylation sites is 1. The first-order chi connectivity index (χ1) is 9.75. The minimum Gasteiger partial charge on any atom is -0.342 e. The number of aromatic nitrogens is 2. The Morgan fingerprint density at radius 3 is 2.90 bits per heavy atom. The average Bonchev–Trinajstić information content (AvgIpc) is 2.91. The number of piperidine rings is 1. The monoisotopic (exact) mass is 272 g/mol. The summed E-state index contributed by atoms with van der Waals surface area (Å²) >= 11 is 0. The summed E-state index contributed by atoms with van der Waals surface area (Å²) in [5.41, 5.74) is 1.83. The van der Waals surface area contributed by atoms with Gasteiger partial charge in [0.05, 0.1) is 17.6 Å². The highest BCUT2D eigenvalue weighted by Crippen LogP contribution is 2.17. The summed E-state index contributed by atoms with van der Waals surface area (Å²) in [5.74, 6) is 0.159. The summed E-state index contributed by atoms with van der Waals surface area (Å²) in [6.07, 6.45) is 2.46. The van der Waals surface area contributed by atoms with Gasteiger partial charge in [0, 0.05) is 18.5 Å². The molecule has 1 aromatic carbocycles. The molecule has 2 aromatic rings. The number of rotatable bonds is 3. The summed E-state index contributed by atoms with van der Waals surface area (Å²) < 4.78 is 0. The lowest BCUT2D eigenvalue weighted by atomic mass is 10.0. The van der Waals surface area contributed by atoms with Crippen molar-refractivity contribution >= 4 is 16.8 Å². The third kappa shape index (κ3) is 2.54. The summed E-state index contributed by atoms with van der Waals surface area (Å²) in [7, 11) is 1.91. The van der Waals surface area contributed by atoms with Crippen molar-refractivity contribution in [1.82, 2.24) is 20.4 Å². The Kier molecular flexibility index (Phi) is 3.69. The molecule has 20 heavy (non-hydrogen) atoms. The van der Waals surface area contributed by atoms with Gasteiger partial charge in [-0.1, -0.05) is 18.2 Å². The van der Waals surface area contributed by atoms with E-state index in [1.54, 1.807) is 0 Å². The van der Waals surface area contributed by atoms with Gasteiger partial charge in [-0.2, -0.15) is 5.10 Å². The topological polar surface area (TPSA) is 61.0 Å². The molecule has 0 aliphatic carbocycles. The maximum atomic E-state index is 12.4. The number of H-pyrrole nitrogens is 1. The van der Waals surface area contributed by atoms with Gasteiger partial charge in [0.1, 0.15) is 0 Å². The van der Waals surface area contributed by atoms with Gasteiger partial charge < -0.3 is 10.2 Å². The number of carbonyl (C=O) groups excluding carboxylic acids is 1. The van der Waals surface area contributed by atoms with Crippen LogP contribution in [0.3, 0.4) is 0 Å². The van der Waals surface area contributed by atoms with Gasteiger partial charge >= 0.3 is 0 Å². The molecule has 1 aliphatic rings. The van der Waals surface area contributed by atoms with Crippen molar-refractivity contribution in [1.29, 1.82) is 0 Å². The van der Waals surface area contributed by atoms with Gasteiger partial charge in [-0.15, -0.1) is 0 Å². The summed E-state index contributed by atoms with van der Waals surface area (Å²) in [6, 6.07) is 8.25. The maximum absolute atomic E-state index is 12.4. The van der Waals surface area contributed by atoms with Crippen LogP contribution in [-0.2, 0) is 11.2 Å². The SMILES string of the molecule is CN(C(=O)Cc1[nH]nc2ccccc12)C1CCNCC1. The van der Waals surface area contributed by atoms with E-state index in [9.17, 15) is 4.79 Å². The zero-order valence-electron chi connectivity index (χ0n) is 11.7. The number of nitrogens with one attached hydrogen (secondary N) is 2. The summed E-state index contributed by atoms with van der Waals surface area (Å²) in [5, 5.41) is 11.6. The van der Waals surface area contributed by atoms with Crippen LogP contribution in [-0.4, -0.2) is 47.2 Å². The number of benzene rings is 1. The number of hydrogen-bond acceptors (Lipinski definition) is 3. The highest BCUT2D eigenvalue weighted by molar-refractivity contribution is 5.87. The number of fused-ring (bicyclic) bond motifs is 1. The number of hydrogen-bond donors (Lipinski definition) is 2. The van der Waals surface area contributed by atoms with Crippen molar-refractivity contribution < 1.29 is 4.79 Å². The molecule has 5 heteroatoms. The molecule has 1 amide bonds. The van der Waals surface area contributed by atoms with Crippen LogP contribution < -0.4 is 5.32 Å². The van der Waals surface area contributed by atoms with E-state index in [1.165, 1.54) is 0 Å². The summed E-state index contributed by atoms with van der Waals surface area (Å²) in [6.45, 7) is 1.99. The largest absolute Gasteiger partial charge is 0.342 e. The number of amides is 1. The second-order valence-corrected chi connectivity index (χ2v) is 5.38. The molecule has 0 unspecified atom stereocenters. The molecular formula is C15H20N4O. The molecule has 106 valence electrons. The molecule has 1 aromatic heterocycles. The molecule has 3 rings (SSSR count). The van der Waals surface area contributed by atoms with Crippen LogP contribution in [0.5, 0.6) is 0 Å². The van der Waals surface area contributed by atoms with Gasteiger partial charge in [-0.25, -0.2) is 0 Å². The predicted molar refractivity (Wildman–Crippen MR) is 78.5 cm³/mol. The lowest BCUT2D eigenvalue weighted by Gasteiger charge is -2.31. The van der Waals surface area contributed by atoms with E-state index < -0.39 is 0 Å². The molecule has 1 aliphatic heterocycles. The minimum absolute atomic E-state index is 0.159. The van der Waals surface area contributed by atoms with Crippen LogP contribution in [0, 0.1) is 0 Å². The van der Waals surface area contributed by atoms with Crippen molar-refractivity contribution in [3.05, 3.63) is 30.0 Å². The van der Waals surface area contributed by atoms with Crippen LogP contribution in [0.25, 0.3) is 10.9 Å². The standard InChI is InChI=1S/C15H20N4O/c1-19(11-6-8-16-9-7-11)15(20)10-14-12-4-2-3-5-13(12)17-18-14/h2-5,11,16H,6-10H2,1H3,(H,17,18). The number of aromatic amines is 1. The number of carbonyl (C=O) groups is 1. The average molecular weight is 272 g/mol. The smallest absolute Gasteiger partial charge is 0.228 e. The van der Waals surface area contributed by atoms with E-state index in [0.29, 0.717) is 12.5 Å². The van der Waals surface area contributed by atoms with E-state index in [2.05, 4.69) is 15.5 Å². The molecule has 2 heterocycles. The molecule has 2 N–H and O–H groups in total. The van der Waals surface area contributed by atoms with Gasteiger partial charge in [0.2, 0.25) is 5.91 Å². The van der Waals surface area contributed by atoms with E-state index in [0.717, 1.165) is 42.5 Å². The third-order valence-electron chi connectivity index (χ3n) is 4.12. The van der Waals surface area contributed by atoms with Gasteiger partial charge in [0.25, 0.3) is 0 Å². The highest BCUT2D eigenvalue weighted by Gasteiger charge is 2.22. The minimum atomic E-state index is 0.159. The van der Waals surface area contributed by atoms with E-state index >= 15 is 0 Å². The van der Waals surface area contributed by atoms with Gasteiger partial charge in [-0.05, 0) is 32.0 Å². The van der Waals surface area contributed by atoms with Gasteiger partial charge in [0.15, 0.2) is 0 Å². The Labute approximate surface area is 118 Å². The van der Waals surface area contributed by atoms with Crippen molar-refractivity contribution in [2.45, 2.75) is 25.3 Å². The molecule has 0 spiro atoms. The fourth-order valence-corrected chi connectivity index (χ4v) is 2.82. The Bertz CT molecular complexity index is 601. The molecule has 0 radical (unpaired) electrons. The summed E-state index contributed by atoms with van der Waals surface area (Å²) in [4.78, 5) is 14.3. The molecule has 1 saturated heterocycles. The van der Waals surface area contributed by atoms with Crippen LogP contribution in [0.1, 0.15) is 18.5 Å². The quantitative estimate of drug-likeness (QED) is 0.886. The zero-order chi connectivity index (χ0) is 13.9. The maximum Gasteiger partial charge on any atom is 0.228 e. The molecule has 0 bridgehead atoms.